The van der Waals surface area contributed by atoms with Crippen molar-refractivity contribution in [3.63, 3.8) is 0 Å². The Morgan fingerprint density at radius 2 is 1.59 bits per heavy atom. The van der Waals surface area contributed by atoms with Crippen LogP contribution in [0.25, 0.3) is 0 Å². The average molecular weight is 375 g/mol. The molecule has 2 aliphatic rings. The van der Waals surface area contributed by atoms with Gasteiger partial charge in [-0.3, -0.25) is 14.5 Å². The van der Waals surface area contributed by atoms with E-state index >= 15 is 0 Å². The first-order valence-electron chi connectivity index (χ1n) is 10.1. The smallest absolute Gasteiger partial charge is 0.251 e. The first-order chi connectivity index (χ1) is 13.0. The standard InChI is InChI=1S/C21H30FN3O2/c1-16(21(27)25-12-4-2-3-5-13-25)24-14-10-19(11-15-24)23-20(26)17-6-8-18(22)9-7-17/h6-9,16,19H,2-5,10-15H2,1H3,(H,23,26). The van der Waals surface area contributed by atoms with E-state index in [0.717, 1.165) is 51.9 Å². The molecule has 2 aliphatic heterocycles. The van der Waals surface area contributed by atoms with Crippen LogP contribution in [-0.4, -0.2) is 59.9 Å². The largest absolute Gasteiger partial charge is 0.349 e. The molecule has 3 rings (SSSR count). The number of nitrogens with zero attached hydrogens (tertiary/aromatic N) is 2. The fourth-order valence-corrected chi connectivity index (χ4v) is 4.01. The molecule has 1 atom stereocenters. The van der Waals surface area contributed by atoms with E-state index in [9.17, 15) is 14.0 Å². The number of carbonyl (C=O) groups is 2. The highest BCUT2D eigenvalue weighted by Crippen LogP contribution is 2.17. The normalized spacial score (nSPS) is 20.7. The third-order valence-corrected chi connectivity index (χ3v) is 5.79. The molecule has 1 aromatic rings. The van der Waals surface area contributed by atoms with Crippen molar-refractivity contribution in [3.05, 3.63) is 35.6 Å². The topological polar surface area (TPSA) is 52.7 Å². The molecule has 148 valence electrons. The molecule has 0 bridgehead atoms. The van der Waals surface area contributed by atoms with Gasteiger partial charge in [0.15, 0.2) is 0 Å². The van der Waals surface area contributed by atoms with Crippen molar-refractivity contribution in [3.8, 4) is 0 Å². The zero-order valence-corrected chi connectivity index (χ0v) is 16.1. The Hall–Kier alpha value is -1.95. The SMILES string of the molecule is CC(C(=O)N1CCCCCC1)N1CCC(NC(=O)c2ccc(F)cc2)CC1. The van der Waals surface area contributed by atoms with Gasteiger partial charge in [-0.15, -0.1) is 0 Å². The summed E-state index contributed by atoms with van der Waals surface area (Å²) in [7, 11) is 0. The molecule has 6 heteroatoms. The molecule has 0 saturated carbocycles. The lowest BCUT2D eigenvalue weighted by molar-refractivity contribution is -0.136. The van der Waals surface area contributed by atoms with Crippen molar-refractivity contribution >= 4 is 11.8 Å². The summed E-state index contributed by atoms with van der Waals surface area (Å²) >= 11 is 0. The second-order valence-corrected chi connectivity index (χ2v) is 7.71. The monoisotopic (exact) mass is 375 g/mol. The molecule has 1 aromatic carbocycles. The van der Waals surface area contributed by atoms with Crippen LogP contribution < -0.4 is 5.32 Å². The summed E-state index contributed by atoms with van der Waals surface area (Å²) in [6, 6.07) is 5.60. The Morgan fingerprint density at radius 1 is 1.00 bits per heavy atom. The van der Waals surface area contributed by atoms with Crippen LogP contribution in [0.2, 0.25) is 0 Å². The fourth-order valence-electron chi connectivity index (χ4n) is 4.01. The number of piperidine rings is 1. The summed E-state index contributed by atoms with van der Waals surface area (Å²) < 4.78 is 13.0. The lowest BCUT2D eigenvalue weighted by Crippen LogP contribution is -2.52. The van der Waals surface area contributed by atoms with E-state index in [1.165, 1.54) is 37.1 Å². The van der Waals surface area contributed by atoms with Crippen LogP contribution in [0.3, 0.4) is 0 Å². The highest BCUT2D eigenvalue weighted by Gasteiger charge is 2.30. The number of likely N-dealkylation sites (tertiary alicyclic amines) is 2. The Labute approximate surface area is 160 Å². The Balaban J connectivity index is 1.47. The number of carbonyl (C=O) groups excluding carboxylic acids is 2. The molecule has 0 radical (unpaired) electrons. The van der Waals surface area contributed by atoms with Crippen LogP contribution in [-0.2, 0) is 4.79 Å². The number of amides is 2. The van der Waals surface area contributed by atoms with Crippen LogP contribution in [0.15, 0.2) is 24.3 Å². The van der Waals surface area contributed by atoms with Crippen LogP contribution in [0.1, 0.15) is 55.8 Å². The molecule has 5 nitrogen and oxygen atoms in total. The van der Waals surface area contributed by atoms with E-state index in [2.05, 4.69) is 10.2 Å². The summed E-state index contributed by atoms with van der Waals surface area (Å²) in [4.78, 5) is 29.3. The Kier molecular flexibility index (Phi) is 6.83. The minimum atomic E-state index is -0.345. The first-order valence-corrected chi connectivity index (χ1v) is 10.1. The fraction of sp³-hybridized carbons (Fsp3) is 0.619. The molecule has 0 spiro atoms. The molecule has 1 N–H and O–H groups in total. The van der Waals surface area contributed by atoms with Crippen molar-refractivity contribution in [2.75, 3.05) is 26.2 Å². The van der Waals surface area contributed by atoms with Gasteiger partial charge in [-0.25, -0.2) is 4.39 Å². The van der Waals surface area contributed by atoms with Crippen molar-refractivity contribution < 1.29 is 14.0 Å². The first kappa shape index (κ1) is 19.8. The van der Waals surface area contributed by atoms with Crippen molar-refractivity contribution in [1.82, 2.24) is 15.1 Å². The number of hydrogen-bond donors (Lipinski definition) is 1. The number of nitrogens with one attached hydrogen (secondary N) is 1. The molecule has 1 unspecified atom stereocenters. The quantitative estimate of drug-likeness (QED) is 0.880. The maximum Gasteiger partial charge on any atom is 0.251 e. The number of rotatable bonds is 4. The lowest BCUT2D eigenvalue weighted by Gasteiger charge is -2.37. The third kappa shape index (κ3) is 5.28. The Morgan fingerprint density at radius 3 is 2.19 bits per heavy atom. The summed E-state index contributed by atoms with van der Waals surface area (Å²) in [5.74, 6) is -0.268. The third-order valence-electron chi connectivity index (χ3n) is 5.79. The van der Waals surface area contributed by atoms with Crippen LogP contribution in [0.5, 0.6) is 0 Å². The molecular weight excluding hydrogens is 345 g/mol. The molecule has 2 fully saturated rings. The summed E-state index contributed by atoms with van der Waals surface area (Å²) in [6.45, 7) is 5.37. The molecule has 0 aromatic heterocycles. The van der Waals surface area contributed by atoms with Gasteiger partial charge in [0, 0.05) is 37.8 Å². The Bertz CT molecular complexity index is 633. The van der Waals surface area contributed by atoms with Gasteiger partial charge in [0.05, 0.1) is 6.04 Å². The van der Waals surface area contributed by atoms with E-state index < -0.39 is 0 Å². The van der Waals surface area contributed by atoms with E-state index in [1.54, 1.807) is 0 Å². The molecule has 2 saturated heterocycles. The van der Waals surface area contributed by atoms with E-state index in [1.807, 2.05) is 11.8 Å². The van der Waals surface area contributed by atoms with Crippen LogP contribution in [0.4, 0.5) is 4.39 Å². The van der Waals surface area contributed by atoms with Gasteiger partial charge in [-0.05, 0) is 56.9 Å². The molecule has 0 aliphatic carbocycles. The zero-order valence-electron chi connectivity index (χ0n) is 16.1. The van der Waals surface area contributed by atoms with Gasteiger partial charge in [-0.1, -0.05) is 12.8 Å². The molecule has 27 heavy (non-hydrogen) atoms. The maximum atomic E-state index is 13.0. The van der Waals surface area contributed by atoms with Gasteiger partial charge in [-0.2, -0.15) is 0 Å². The van der Waals surface area contributed by atoms with Gasteiger partial charge in [0.1, 0.15) is 5.82 Å². The lowest BCUT2D eigenvalue weighted by atomic mass is 10.0. The van der Waals surface area contributed by atoms with Crippen molar-refractivity contribution in [1.29, 1.82) is 0 Å². The molecular formula is C21H30FN3O2. The maximum absolute atomic E-state index is 13.0. The second-order valence-electron chi connectivity index (χ2n) is 7.71. The van der Waals surface area contributed by atoms with Crippen LogP contribution in [0, 0.1) is 5.82 Å². The highest BCUT2D eigenvalue weighted by atomic mass is 19.1. The van der Waals surface area contributed by atoms with E-state index in [4.69, 9.17) is 0 Å². The average Bonchev–Trinajstić information content (AvgIpc) is 2.97. The molecule has 2 heterocycles. The number of hydrogen-bond acceptors (Lipinski definition) is 3. The second kappa shape index (κ2) is 9.31. The molecule has 2 amide bonds. The van der Waals surface area contributed by atoms with Gasteiger partial charge in [0.2, 0.25) is 5.91 Å². The predicted molar refractivity (Wildman–Crippen MR) is 103 cm³/mol. The van der Waals surface area contributed by atoms with E-state index in [-0.39, 0.29) is 29.7 Å². The van der Waals surface area contributed by atoms with Crippen LogP contribution >= 0.6 is 0 Å². The van der Waals surface area contributed by atoms with Gasteiger partial charge >= 0.3 is 0 Å². The predicted octanol–water partition coefficient (Wildman–Crippen LogP) is 2.81. The number of halogens is 1. The highest BCUT2D eigenvalue weighted by molar-refractivity contribution is 5.94. The summed E-state index contributed by atoms with van der Waals surface area (Å²) in [5, 5.41) is 3.03. The van der Waals surface area contributed by atoms with Crippen molar-refractivity contribution in [2.45, 2.75) is 57.5 Å². The zero-order chi connectivity index (χ0) is 19.2. The van der Waals surface area contributed by atoms with Gasteiger partial charge in [0.25, 0.3) is 5.91 Å². The summed E-state index contributed by atoms with van der Waals surface area (Å²) in [6.07, 6.45) is 6.30. The minimum Gasteiger partial charge on any atom is -0.349 e. The van der Waals surface area contributed by atoms with Gasteiger partial charge < -0.3 is 10.2 Å². The van der Waals surface area contributed by atoms with Crippen molar-refractivity contribution in [2.24, 2.45) is 0 Å². The minimum absolute atomic E-state index is 0.0966. The summed E-state index contributed by atoms with van der Waals surface area (Å²) in [5.41, 5.74) is 0.475. The van der Waals surface area contributed by atoms with E-state index in [0.29, 0.717) is 5.56 Å². The number of benzene rings is 1.